The number of amides is 1. The van der Waals surface area contributed by atoms with Crippen molar-refractivity contribution < 1.29 is 32.6 Å². The zero-order chi connectivity index (χ0) is 29.9. The number of carbonyl (C=O) groups is 2. The van der Waals surface area contributed by atoms with Crippen LogP contribution in [0.15, 0.2) is 52.4 Å². The number of sulfonamides is 1. The quantitative estimate of drug-likeness (QED) is 0.263. The van der Waals surface area contributed by atoms with Crippen LogP contribution in [0.5, 0.6) is 5.88 Å². The molecule has 0 fully saturated rings. The molecular weight excluding hydrogens is 536 g/mol. The molecule has 3 N–H and O–H groups in total. The second kappa shape index (κ2) is 11.7. The molecular formula is C28H36N4O7S. The number of nitrogens with zero attached hydrogens (tertiary/aromatic N) is 2. The van der Waals surface area contributed by atoms with Crippen LogP contribution in [0.2, 0.25) is 0 Å². The predicted octanol–water partition coefficient (Wildman–Crippen LogP) is 4.61. The Morgan fingerprint density at radius 2 is 1.70 bits per heavy atom. The van der Waals surface area contributed by atoms with Gasteiger partial charge in [-0.3, -0.25) is 9.79 Å². The minimum Gasteiger partial charge on any atom is -0.494 e. The molecule has 1 amide bonds. The predicted molar refractivity (Wildman–Crippen MR) is 152 cm³/mol. The van der Waals surface area contributed by atoms with Gasteiger partial charge in [0.05, 0.1) is 16.1 Å². The van der Waals surface area contributed by atoms with Crippen molar-refractivity contribution in [2.75, 3.05) is 13.6 Å². The summed E-state index contributed by atoms with van der Waals surface area (Å²) in [7, 11) is -2.71. The van der Waals surface area contributed by atoms with Gasteiger partial charge in [0.2, 0.25) is 10.0 Å². The Balaban J connectivity index is 1.85. The van der Waals surface area contributed by atoms with Crippen molar-refractivity contribution in [2.24, 2.45) is 4.99 Å². The van der Waals surface area contributed by atoms with Gasteiger partial charge in [-0.1, -0.05) is 18.2 Å². The highest BCUT2D eigenvalue weighted by molar-refractivity contribution is 7.89. The van der Waals surface area contributed by atoms with Crippen LogP contribution in [0.1, 0.15) is 52.7 Å². The Morgan fingerprint density at radius 1 is 1.05 bits per heavy atom. The largest absolute Gasteiger partial charge is 0.494 e. The van der Waals surface area contributed by atoms with Crippen LogP contribution in [0.4, 0.5) is 10.5 Å². The molecule has 11 nitrogen and oxygen atoms in total. The summed E-state index contributed by atoms with van der Waals surface area (Å²) in [5.74, 6) is -0.802. The van der Waals surface area contributed by atoms with Crippen molar-refractivity contribution in [3.8, 4) is 5.88 Å². The molecule has 1 heterocycles. The van der Waals surface area contributed by atoms with Gasteiger partial charge in [-0.15, -0.1) is 0 Å². The van der Waals surface area contributed by atoms with Gasteiger partial charge in [0.25, 0.3) is 0 Å². The number of H-pyrrole nitrogens is 1. The molecule has 12 heteroatoms. The van der Waals surface area contributed by atoms with Crippen LogP contribution < -0.4 is 5.32 Å². The van der Waals surface area contributed by atoms with Crippen LogP contribution >= 0.6 is 0 Å². The van der Waals surface area contributed by atoms with E-state index in [0.29, 0.717) is 27.7 Å². The minimum absolute atomic E-state index is 0.0568. The molecule has 0 aliphatic heterocycles. The topological polar surface area (TPSA) is 150 Å². The third-order valence-corrected chi connectivity index (χ3v) is 7.19. The van der Waals surface area contributed by atoms with Crippen LogP contribution in [0.3, 0.4) is 0 Å². The Morgan fingerprint density at radius 3 is 2.35 bits per heavy atom. The maximum atomic E-state index is 13.1. The summed E-state index contributed by atoms with van der Waals surface area (Å²) in [6.45, 7) is 10.1. The minimum atomic E-state index is -4.01. The summed E-state index contributed by atoms with van der Waals surface area (Å²) in [5.41, 5.74) is 0.628. The molecule has 1 aromatic heterocycles. The summed E-state index contributed by atoms with van der Waals surface area (Å²) in [4.78, 5) is 31.5. The van der Waals surface area contributed by atoms with Gasteiger partial charge in [-0.2, -0.15) is 4.31 Å². The van der Waals surface area contributed by atoms with Crippen LogP contribution in [0, 0.1) is 0 Å². The zero-order valence-electron chi connectivity index (χ0n) is 23.7. The molecule has 0 atom stereocenters. The molecule has 3 aromatic rings. The number of alkyl carbamates (subject to hydrolysis) is 1. The first-order chi connectivity index (χ1) is 18.5. The maximum absolute atomic E-state index is 13.1. The average molecular weight is 573 g/mol. The smallest absolute Gasteiger partial charge is 0.407 e. The lowest BCUT2D eigenvalue weighted by molar-refractivity contribution is -0.154. The molecule has 0 saturated heterocycles. The molecule has 3 rings (SSSR count). The van der Waals surface area contributed by atoms with Crippen LogP contribution in [-0.4, -0.2) is 65.9 Å². The van der Waals surface area contributed by atoms with E-state index in [4.69, 9.17) is 9.47 Å². The Labute approximate surface area is 234 Å². The Hall–Kier alpha value is -3.90. The van der Waals surface area contributed by atoms with Gasteiger partial charge in [0.15, 0.2) is 5.88 Å². The molecule has 0 spiro atoms. The number of benzene rings is 2. The molecule has 0 aliphatic carbocycles. The second-order valence-corrected chi connectivity index (χ2v) is 13.2. The number of hydrogen-bond acceptors (Lipinski definition) is 8. The van der Waals surface area contributed by atoms with Crippen molar-refractivity contribution in [3.63, 3.8) is 0 Å². The Kier molecular flexibility index (Phi) is 8.95. The van der Waals surface area contributed by atoms with Gasteiger partial charge < -0.3 is 24.9 Å². The fourth-order valence-corrected chi connectivity index (χ4v) is 4.93. The molecule has 0 bridgehead atoms. The number of carbonyl (C=O) groups excluding carboxylic acids is 2. The summed E-state index contributed by atoms with van der Waals surface area (Å²) < 4.78 is 37.6. The third-order valence-electron chi connectivity index (χ3n) is 5.39. The lowest BCUT2D eigenvalue weighted by Gasteiger charge is -2.22. The fraction of sp³-hybridized carbons (Fsp3) is 0.393. The second-order valence-electron chi connectivity index (χ2n) is 11.2. The highest BCUT2D eigenvalue weighted by Crippen LogP contribution is 2.30. The van der Waals surface area contributed by atoms with E-state index in [1.54, 1.807) is 65.8 Å². The van der Waals surface area contributed by atoms with E-state index in [2.05, 4.69) is 15.3 Å². The number of hydrogen-bond donors (Lipinski definition) is 3. The van der Waals surface area contributed by atoms with Crippen LogP contribution in [0.25, 0.3) is 10.9 Å². The molecule has 0 radical (unpaired) electrons. The summed E-state index contributed by atoms with van der Waals surface area (Å²) >= 11 is 0. The molecule has 2 aromatic carbocycles. The van der Waals surface area contributed by atoms with Gasteiger partial charge >= 0.3 is 12.1 Å². The van der Waals surface area contributed by atoms with Crippen molar-refractivity contribution in [3.05, 3.63) is 53.6 Å². The number of aliphatic imine (C=N–C) groups is 1. The number of ether oxygens (including phenoxy) is 2. The fourth-order valence-electron chi connectivity index (χ4n) is 3.77. The number of likely N-dealkylation sites (N-methyl/N-ethyl adjacent to an activating group) is 1. The van der Waals surface area contributed by atoms with E-state index in [9.17, 15) is 23.1 Å². The zero-order valence-corrected chi connectivity index (χ0v) is 24.5. The van der Waals surface area contributed by atoms with Gasteiger partial charge in [0, 0.05) is 30.7 Å². The number of aromatic nitrogens is 1. The number of nitrogens with one attached hydrogen (secondary N) is 2. The first kappa shape index (κ1) is 30.6. The maximum Gasteiger partial charge on any atom is 0.407 e. The lowest BCUT2D eigenvalue weighted by atomic mass is 10.1. The highest BCUT2D eigenvalue weighted by Gasteiger charge is 2.26. The van der Waals surface area contributed by atoms with E-state index in [1.165, 1.54) is 31.5 Å². The van der Waals surface area contributed by atoms with E-state index in [0.717, 1.165) is 4.31 Å². The van der Waals surface area contributed by atoms with E-state index in [1.807, 2.05) is 0 Å². The third kappa shape index (κ3) is 8.06. The van der Waals surface area contributed by atoms with E-state index >= 15 is 0 Å². The standard InChI is InChI=1S/C28H36N4O7S/c1-27(2,3)38-23(33)17-32(7)40(36,37)20-12-9-11-19(14-20)29-16-21-24-18(10-8-13-22(24)31-25(21)34)15-30-26(35)39-28(4,5)6/h8-14,16,31,34H,15,17H2,1-7H3,(H,30,35). The molecule has 0 unspecified atom stereocenters. The first-order valence-electron chi connectivity index (χ1n) is 12.6. The average Bonchev–Trinajstić information content (AvgIpc) is 3.14. The highest BCUT2D eigenvalue weighted by atomic mass is 32.2. The van der Waals surface area contributed by atoms with E-state index in [-0.39, 0.29) is 17.3 Å². The first-order valence-corrected chi connectivity index (χ1v) is 14.0. The van der Waals surface area contributed by atoms with Crippen molar-refractivity contribution in [1.82, 2.24) is 14.6 Å². The molecule has 0 saturated carbocycles. The van der Waals surface area contributed by atoms with Gasteiger partial charge in [-0.25, -0.2) is 13.2 Å². The van der Waals surface area contributed by atoms with Crippen molar-refractivity contribution in [2.45, 2.75) is 64.2 Å². The number of esters is 1. The van der Waals surface area contributed by atoms with Gasteiger partial charge in [-0.05, 0) is 71.4 Å². The summed E-state index contributed by atoms with van der Waals surface area (Å²) in [6, 6.07) is 11.3. The molecule has 40 heavy (non-hydrogen) atoms. The SMILES string of the molecule is CN(CC(=O)OC(C)(C)C)S(=O)(=O)c1cccc(N=Cc2c(O)[nH]c3cccc(CNC(=O)OC(C)(C)C)c23)c1. The lowest BCUT2D eigenvalue weighted by Crippen LogP contribution is -2.36. The molecule has 0 aliphatic rings. The van der Waals surface area contributed by atoms with Gasteiger partial charge in [0.1, 0.15) is 17.7 Å². The number of aromatic hydroxyl groups is 1. The van der Waals surface area contributed by atoms with Crippen molar-refractivity contribution in [1.29, 1.82) is 0 Å². The summed E-state index contributed by atoms with van der Waals surface area (Å²) in [5, 5.41) is 13.9. The van der Waals surface area contributed by atoms with E-state index < -0.39 is 39.8 Å². The van der Waals surface area contributed by atoms with Crippen molar-refractivity contribution >= 4 is 44.9 Å². The monoisotopic (exact) mass is 572 g/mol. The number of aromatic amines is 1. The normalized spacial score (nSPS) is 12.7. The number of fused-ring (bicyclic) bond motifs is 1. The molecule has 216 valence electrons. The van der Waals surface area contributed by atoms with Crippen LogP contribution in [-0.2, 0) is 30.8 Å². The number of rotatable bonds is 8. The Bertz CT molecular complexity index is 1530. The summed E-state index contributed by atoms with van der Waals surface area (Å²) in [6.07, 6.45) is 0.843.